The number of allylic oxidation sites excluding steroid dienone is 4. The average molecular weight is 413 g/mol. The first kappa shape index (κ1) is 19.0. The van der Waals surface area contributed by atoms with Crippen molar-refractivity contribution in [2.45, 2.75) is 26.4 Å². The largest absolute Gasteiger partial charge is 0.452 e. The summed E-state index contributed by atoms with van der Waals surface area (Å²) in [7, 11) is 0. The maximum absolute atomic E-state index is 13.0. The number of carbonyl (C=O) groups excluding carboxylic acids is 1. The van der Waals surface area contributed by atoms with E-state index in [1.165, 1.54) is 0 Å². The first-order valence-electron chi connectivity index (χ1n) is 9.00. The van der Waals surface area contributed by atoms with Crippen LogP contribution in [0.1, 0.15) is 34.5 Å². The highest BCUT2D eigenvalue weighted by atomic mass is 35.5. The molecule has 1 aromatic heterocycles. The van der Waals surface area contributed by atoms with Crippen molar-refractivity contribution in [3.8, 4) is 11.1 Å². The van der Waals surface area contributed by atoms with Crippen molar-refractivity contribution < 1.29 is 14.3 Å². The molecule has 0 saturated heterocycles. The lowest BCUT2D eigenvalue weighted by molar-refractivity contribution is 0.100. The third-order valence-corrected chi connectivity index (χ3v) is 5.68. The van der Waals surface area contributed by atoms with Crippen LogP contribution >= 0.6 is 23.2 Å². The van der Waals surface area contributed by atoms with E-state index in [-0.39, 0.29) is 12.4 Å². The van der Waals surface area contributed by atoms with Crippen molar-refractivity contribution in [2.24, 2.45) is 0 Å². The summed E-state index contributed by atoms with van der Waals surface area (Å²) in [5, 5.41) is 11.3. The zero-order chi connectivity index (χ0) is 19.8. The number of carbonyl (C=O) groups is 1. The number of hydrogen-bond donors (Lipinski definition) is 1. The fourth-order valence-electron chi connectivity index (χ4n) is 3.49. The smallest absolute Gasteiger partial charge is 0.225 e. The summed E-state index contributed by atoms with van der Waals surface area (Å²) in [5.74, 6) is 0.124. The van der Waals surface area contributed by atoms with Crippen LogP contribution in [0.25, 0.3) is 22.1 Å². The summed E-state index contributed by atoms with van der Waals surface area (Å²) >= 11 is 12.3. The lowest BCUT2D eigenvalue weighted by Gasteiger charge is -2.12. The van der Waals surface area contributed by atoms with Crippen LogP contribution in [-0.4, -0.2) is 10.9 Å². The second kappa shape index (κ2) is 7.59. The van der Waals surface area contributed by atoms with Gasteiger partial charge < -0.3 is 9.52 Å². The zero-order valence-electron chi connectivity index (χ0n) is 15.3. The minimum atomic E-state index is -0.192. The second-order valence-electron chi connectivity index (χ2n) is 6.87. The molecule has 0 aliphatic heterocycles. The predicted molar refractivity (Wildman–Crippen MR) is 113 cm³/mol. The van der Waals surface area contributed by atoms with E-state index in [4.69, 9.17) is 27.6 Å². The summed E-state index contributed by atoms with van der Waals surface area (Å²) in [4.78, 5) is 13.0. The summed E-state index contributed by atoms with van der Waals surface area (Å²) in [6.07, 6.45) is 2.73. The van der Waals surface area contributed by atoms with E-state index in [2.05, 4.69) is 0 Å². The Morgan fingerprint density at radius 1 is 1.11 bits per heavy atom. The molecule has 3 nitrogen and oxygen atoms in total. The monoisotopic (exact) mass is 412 g/mol. The number of benzene rings is 2. The highest BCUT2D eigenvalue weighted by Crippen LogP contribution is 2.35. The third-order valence-electron chi connectivity index (χ3n) is 5.05. The van der Waals surface area contributed by atoms with Crippen LogP contribution in [-0.2, 0) is 6.61 Å². The molecule has 0 fully saturated rings. The molecule has 0 spiro atoms. The predicted octanol–water partition coefficient (Wildman–Crippen LogP) is 6.49. The molecule has 28 heavy (non-hydrogen) atoms. The standard InChI is InChI=1S/C23H18Cl2O3/c1-13-18-7-5-16(15-4-2-3-14(9-15)12-26)10-21(18)28-23(13)22(27)19-8-6-17(24)11-20(19)25/h2-5,7,9-11,26H,6,8,12H2,1H3. The lowest BCUT2D eigenvalue weighted by Crippen LogP contribution is -2.07. The van der Waals surface area contributed by atoms with Crippen LogP contribution in [0, 0.1) is 6.92 Å². The van der Waals surface area contributed by atoms with Gasteiger partial charge in [0.25, 0.3) is 0 Å². The van der Waals surface area contributed by atoms with E-state index >= 15 is 0 Å². The number of Topliss-reactive ketones (excluding diaryl/α,β-unsaturated/α-hetero) is 1. The number of rotatable bonds is 4. The Balaban J connectivity index is 1.77. The Labute approximate surface area is 172 Å². The zero-order valence-corrected chi connectivity index (χ0v) is 16.8. The van der Waals surface area contributed by atoms with Gasteiger partial charge in [0.2, 0.25) is 5.78 Å². The molecule has 1 aliphatic carbocycles. The van der Waals surface area contributed by atoms with E-state index in [0.29, 0.717) is 39.8 Å². The first-order valence-corrected chi connectivity index (χ1v) is 9.76. The summed E-state index contributed by atoms with van der Waals surface area (Å²) < 4.78 is 5.96. The van der Waals surface area contributed by atoms with Crippen molar-refractivity contribution in [1.82, 2.24) is 0 Å². The van der Waals surface area contributed by atoms with Crippen LogP contribution in [0.3, 0.4) is 0 Å². The number of ketones is 1. The quantitative estimate of drug-likeness (QED) is 0.497. The molecule has 1 aliphatic rings. The average Bonchev–Trinajstić information content (AvgIpc) is 3.03. The van der Waals surface area contributed by atoms with Crippen LogP contribution < -0.4 is 0 Å². The molecule has 3 aromatic rings. The van der Waals surface area contributed by atoms with Gasteiger partial charge in [0.05, 0.1) is 6.61 Å². The van der Waals surface area contributed by atoms with Gasteiger partial charge in [-0.3, -0.25) is 4.79 Å². The molecule has 5 heteroatoms. The van der Waals surface area contributed by atoms with Crippen LogP contribution in [0.4, 0.5) is 0 Å². The van der Waals surface area contributed by atoms with Crippen molar-refractivity contribution in [2.75, 3.05) is 0 Å². The minimum absolute atomic E-state index is 0.0110. The summed E-state index contributed by atoms with van der Waals surface area (Å²) in [6, 6.07) is 13.6. The number of aliphatic hydroxyl groups is 1. The molecule has 1 N–H and O–H groups in total. The van der Waals surface area contributed by atoms with Gasteiger partial charge in [0, 0.05) is 26.6 Å². The van der Waals surface area contributed by atoms with Crippen LogP contribution in [0.15, 0.2) is 68.6 Å². The molecule has 4 rings (SSSR count). The molecule has 0 bridgehead atoms. The van der Waals surface area contributed by atoms with E-state index in [9.17, 15) is 9.90 Å². The molecule has 0 radical (unpaired) electrons. The van der Waals surface area contributed by atoms with E-state index < -0.39 is 0 Å². The Kier molecular flexibility index (Phi) is 5.15. The number of hydrogen-bond acceptors (Lipinski definition) is 3. The molecule has 0 amide bonds. The van der Waals surface area contributed by atoms with Crippen molar-refractivity contribution in [1.29, 1.82) is 0 Å². The summed E-state index contributed by atoms with van der Waals surface area (Å²) in [5.41, 5.74) is 4.76. The molecule has 0 saturated carbocycles. The van der Waals surface area contributed by atoms with Gasteiger partial charge >= 0.3 is 0 Å². The summed E-state index contributed by atoms with van der Waals surface area (Å²) in [6.45, 7) is 1.87. The van der Waals surface area contributed by atoms with Gasteiger partial charge in [0.15, 0.2) is 5.76 Å². The van der Waals surface area contributed by atoms with Crippen molar-refractivity contribution in [3.63, 3.8) is 0 Å². The first-order chi connectivity index (χ1) is 13.5. The minimum Gasteiger partial charge on any atom is -0.452 e. The van der Waals surface area contributed by atoms with Gasteiger partial charge in [-0.25, -0.2) is 0 Å². The van der Waals surface area contributed by atoms with Crippen molar-refractivity contribution in [3.05, 3.63) is 81.1 Å². The van der Waals surface area contributed by atoms with E-state index in [0.717, 1.165) is 27.6 Å². The molecule has 0 unspecified atom stereocenters. The van der Waals surface area contributed by atoms with Crippen LogP contribution in [0.2, 0.25) is 0 Å². The van der Waals surface area contributed by atoms with E-state index in [1.54, 1.807) is 6.08 Å². The number of fused-ring (bicyclic) bond motifs is 1. The van der Waals surface area contributed by atoms with Gasteiger partial charge in [0.1, 0.15) is 5.58 Å². The number of furan rings is 1. The molecule has 2 aromatic carbocycles. The molecular weight excluding hydrogens is 395 g/mol. The molecular formula is C23H18Cl2O3. The topological polar surface area (TPSA) is 50.4 Å². The van der Waals surface area contributed by atoms with Crippen molar-refractivity contribution >= 4 is 40.0 Å². The number of halogens is 2. The maximum Gasteiger partial charge on any atom is 0.225 e. The normalized spacial score (nSPS) is 14.5. The van der Waals surface area contributed by atoms with Gasteiger partial charge in [-0.05, 0) is 54.7 Å². The van der Waals surface area contributed by atoms with E-state index in [1.807, 2.05) is 49.4 Å². The highest BCUT2D eigenvalue weighted by molar-refractivity contribution is 6.37. The fourth-order valence-corrected chi connectivity index (χ4v) is 4.06. The number of aryl methyl sites for hydroxylation is 1. The van der Waals surface area contributed by atoms with Gasteiger partial charge in [-0.2, -0.15) is 0 Å². The lowest BCUT2D eigenvalue weighted by atomic mass is 9.97. The van der Waals surface area contributed by atoms with Gasteiger partial charge in [-0.1, -0.05) is 53.5 Å². The highest BCUT2D eigenvalue weighted by Gasteiger charge is 2.25. The Hall–Kier alpha value is -2.33. The molecule has 0 atom stereocenters. The Morgan fingerprint density at radius 2 is 1.89 bits per heavy atom. The van der Waals surface area contributed by atoms with Gasteiger partial charge in [-0.15, -0.1) is 0 Å². The Morgan fingerprint density at radius 3 is 2.64 bits per heavy atom. The molecule has 1 heterocycles. The fraction of sp³-hybridized carbons (Fsp3) is 0.174. The molecule has 142 valence electrons. The maximum atomic E-state index is 13.0. The third kappa shape index (κ3) is 3.42. The second-order valence-corrected chi connectivity index (χ2v) is 7.77. The Bertz CT molecular complexity index is 1150. The van der Waals surface area contributed by atoms with Crippen LogP contribution in [0.5, 0.6) is 0 Å². The number of aliphatic hydroxyl groups excluding tert-OH is 1. The SMILES string of the molecule is Cc1c(C(=O)C2=C(Cl)C=C(Cl)CC2)oc2cc(-c3cccc(CO)c3)ccc12.